The van der Waals surface area contributed by atoms with Crippen molar-refractivity contribution in [2.45, 2.75) is 6.92 Å². The van der Waals surface area contributed by atoms with Gasteiger partial charge in [0.1, 0.15) is 5.82 Å². The molecule has 1 atom stereocenters. The standard InChI is InChI=1S/C14H18N4O.2ClH/c1-10(9-15-2)14(19)18-12-5-3-11(4-6-12)13-16-7-8-17-13;;/h3-8,10,15H,9H2,1-2H3,(H,16,17)(H,18,19);2*1H. The van der Waals surface area contributed by atoms with E-state index in [0.29, 0.717) is 6.54 Å². The molecule has 0 aliphatic rings. The lowest BCUT2D eigenvalue weighted by Gasteiger charge is -2.11. The Morgan fingerprint density at radius 3 is 2.48 bits per heavy atom. The normalized spacial score (nSPS) is 11.0. The molecule has 1 aromatic heterocycles. The average molecular weight is 331 g/mol. The van der Waals surface area contributed by atoms with E-state index < -0.39 is 0 Å². The number of amides is 1. The molecule has 3 N–H and O–H groups in total. The fraction of sp³-hybridized carbons (Fsp3) is 0.286. The Bertz CT molecular complexity index is 528. The minimum absolute atomic E-state index is 0. The number of halogens is 2. The van der Waals surface area contributed by atoms with Crippen LogP contribution in [-0.2, 0) is 4.79 Å². The van der Waals surface area contributed by atoms with Crippen molar-refractivity contribution in [1.29, 1.82) is 0 Å². The molecule has 0 saturated carbocycles. The van der Waals surface area contributed by atoms with Crippen LogP contribution in [-0.4, -0.2) is 29.5 Å². The van der Waals surface area contributed by atoms with E-state index in [0.717, 1.165) is 17.1 Å². The Kier molecular flexibility index (Phi) is 8.69. The van der Waals surface area contributed by atoms with Gasteiger partial charge < -0.3 is 15.6 Å². The first-order chi connectivity index (χ1) is 9.20. The molecule has 1 heterocycles. The van der Waals surface area contributed by atoms with Gasteiger partial charge in [-0.25, -0.2) is 4.98 Å². The van der Waals surface area contributed by atoms with E-state index in [1.165, 1.54) is 0 Å². The van der Waals surface area contributed by atoms with E-state index in [1.54, 1.807) is 12.4 Å². The van der Waals surface area contributed by atoms with Gasteiger partial charge in [-0.3, -0.25) is 4.79 Å². The summed E-state index contributed by atoms with van der Waals surface area (Å²) in [5, 5.41) is 5.88. The molecule has 116 valence electrons. The summed E-state index contributed by atoms with van der Waals surface area (Å²) in [7, 11) is 1.84. The Labute approximate surface area is 136 Å². The third-order valence-electron chi connectivity index (χ3n) is 2.88. The fourth-order valence-electron chi connectivity index (χ4n) is 1.80. The number of hydrogen-bond acceptors (Lipinski definition) is 3. The van der Waals surface area contributed by atoms with Crippen LogP contribution in [0.5, 0.6) is 0 Å². The molecule has 0 spiro atoms. The molecule has 2 aromatic rings. The molecule has 1 unspecified atom stereocenters. The van der Waals surface area contributed by atoms with Crippen LogP contribution >= 0.6 is 24.8 Å². The zero-order chi connectivity index (χ0) is 13.7. The van der Waals surface area contributed by atoms with Crippen molar-refractivity contribution in [3.05, 3.63) is 36.7 Å². The number of anilines is 1. The van der Waals surface area contributed by atoms with Gasteiger partial charge in [0.2, 0.25) is 5.91 Å². The highest BCUT2D eigenvalue weighted by Crippen LogP contribution is 2.17. The van der Waals surface area contributed by atoms with Gasteiger partial charge in [0, 0.05) is 36.1 Å². The van der Waals surface area contributed by atoms with Crippen molar-refractivity contribution in [1.82, 2.24) is 15.3 Å². The van der Waals surface area contributed by atoms with E-state index in [9.17, 15) is 4.79 Å². The Morgan fingerprint density at radius 2 is 1.95 bits per heavy atom. The third kappa shape index (κ3) is 5.38. The zero-order valence-electron chi connectivity index (χ0n) is 11.9. The number of nitrogens with one attached hydrogen (secondary N) is 3. The second kappa shape index (κ2) is 9.39. The maximum atomic E-state index is 11.8. The molecule has 0 aliphatic carbocycles. The molecule has 1 aromatic carbocycles. The second-order valence-corrected chi connectivity index (χ2v) is 4.46. The predicted octanol–water partition coefficient (Wildman–Crippen LogP) is 2.71. The van der Waals surface area contributed by atoms with Crippen molar-refractivity contribution in [3.63, 3.8) is 0 Å². The number of aromatic nitrogens is 2. The molecule has 7 heteroatoms. The lowest BCUT2D eigenvalue weighted by molar-refractivity contribution is -0.119. The first-order valence-corrected chi connectivity index (χ1v) is 6.26. The first-order valence-electron chi connectivity index (χ1n) is 6.26. The van der Waals surface area contributed by atoms with Gasteiger partial charge in [-0.2, -0.15) is 0 Å². The highest BCUT2D eigenvalue weighted by molar-refractivity contribution is 5.92. The maximum Gasteiger partial charge on any atom is 0.228 e. The lowest BCUT2D eigenvalue weighted by Crippen LogP contribution is -2.28. The summed E-state index contributed by atoms with van der Waals surface area (Å²) in [6, 6.07) is 7.61. The van der Waals surface area contributed by atoms with Gasteiger partial charge in [0.25, 0.3) is 0 Å². The van der Waals surface area contributed by atoms with Crippen LogP contribution in [0.4, 0.5) is 5.69 Å². The van der Waals surface area contributed by atoms with Crippen LogP contribution in [0, 0.1) is 5.92 Å². The highest BCUT2D eigenvalue weighted by atomic mass is 35.5. The van der Waals surface area contributed by atoms with Gasteiger partial charge >= 0.3 is 0 Å². The molecular weight excluding hydrogens is 311 g/mol. The minimum Gasteiger partial charge on any atom is -0.345 e. The number of imidazole rings is 1. The number of benzene rings is 1. The molecule has 0 fully saturated rings. The summed E-state index contributed by atoms with van der Waals surface area (Å²) in [4.78, 5) is 19.1. The van der Waals surface area contributed by atoms with Crippen molar-refractivity contribution < 1.29 is 4.79 Å². The predicted molar refractivity (Wildman–Crippen MR) is 90.2 cm³/mol. The van der Waals surface area contributed by atoms with Gasteiger partial charge in [-0.05, 0) is 31.3 Å². The smallest absolute Gasteiger partial charge is 0.228 e. The van der Waals surface area contributed by atoms with Gasteiger partial charge in [0.05, 0.1) is 0 Å². The fourth-order valence-corrected chi connectivity index (χ4v) is 1.80. The SMILES string of the molecule is CNCC(C)C(=O)Nc1ccc(-c2ncc[nH]2)cc1.Cl.Cl. The van der Waals surface area contributed by atoms with Gasteiger partial charge in [0.15, 0.2) is 0 Å². The zero-order valence-corrected chi connectivity index (χ0v) is 13.6. The summed E-state index contributed by atoms with van der Waals surface area (Å²) >= 11 is 0. The number of carbonyl (C=O) groups is 1. The Balaban J connectivity index is 0.00000200. The number of carbonyl (C=O) groups excluding carboxylic acids is 1. The number of H-pyrrole nitrogens is 1. The minimum atomic E-state index is -0.0604. The number of hydrogen-bond donors (Lipinski definition) is 3. The molecule has 0 saturated heterocycles. The molecule has 21 heavy (non-hydrogen) atoms. The van der Waals surface area contributed by atoms with Gasteiger partial charge in [-0.1, -0.05) is 6.92 Å². The summed E-state index contributed by atoms with van der Waals surface area (Å²) < 4.78 is 0. The van der Waals surface area contributed by atoms with Crippen LogP contribution < -0.4 is 10.6 Å². The number of nitrogens with zero attached hydrogens (tertiary/aromatic N) is 1. The van der Waals surface area contributed by atoms with Crippen LogP contribution in [0.2, 0.25) is 0 Å². The summed E-state index contributed by atoms with van der Waals surface area (Å²) in [5.74, 6) is 0.774. The summed E-state index contributed by atoms with van der Waals surface area (Å²) in [5.41, 5.74) is 1.79. The number of aromatic amines is 1. The van der Waals surface area contributed by atoms with E-state index >= 15 is 0 Å². The van der Waals surface area contributed by atoms with Crippen LogP contribution in [0.15, 0.2) is 36.7 Å². The quantitative estimate of drug-likeness (QED) is 0.789. The Hall–Kier alpha value is -1.56. The largest absolute Gasteiger partial charge is 0.345 e. The van der Waals surface area contributed by atoms with E-state index in [2.05, 4.69) is 20.6 Å². The molecule has 0 radical (unpaired) electrons. The molecule has 2 rings (SSSR count). The topological polar surface area (TPSA) is 69.8 Å². The van der Waals surface area contributed by atoms with Crippen molar-refractivity contribution in [2.24, 2.45) is 5.92 Å². The van der Waals surface area contributed by atoms with E-state index in [1.807, 2.05) is 38.2 Å². The van der Waals surface area contributed by atoms with Crippen molar-refractivity contribution in [3.8, 4) is 11.4 Å². The van der Waals surface area contributed by atoms with Crippen LogP contribution in [0.3, 0.4) is 0 Å². The van der Waals surface area contributed by atoms with Crippen LogP contribution in [0.1, 0.15) is 6.92 Å². The van der Waals surface area contributed by atoms with Crippen molar-refractivity contribution >= 4 is 36.4 Å². The first kappa shape index (κ1) is 19.4. The summed E-state index contributed by atoms with van der Waals surface area (Å²) in [6.07, 6.45) is 3.49. The third-order valence-corrected chi connectivity index (χ3v) is 2.88. The second-order valence-electron chi connectivity index (χ2n) is 4.46. The Morgan fingerprint density at radius 1 is 1.29 bits per heavy atom. The lowest BCUT2D eigenvalue weighted by atomic mass is 10.1. The molecular formula is C14H20Cl2N4O. The van der Waals surface area contributed by atoms with E-state index in [4.69, 9.17) is 0 Å². The van der Waals surface area contributed by atoms with Crippen molar-refractivity contribution in [2.75, 3.05) is 18.9 Å². The molecule has 0 aliphatic heterocycles. The monoisotopic (exact) mass is 330 g/mol. The molecule has 5 nitrogen and oxygen atoms in total. The van der Waals surface area contributed by atoms with Crippen LogP contribution in [0.25, 0.3) is 11.4 Å². The summed E-state index contributed by atoms with van der Waals surface area (Å²) in [6.45, 7) is 2.55. The maximum absolute atomic E-state index is 11.8. The van der Waals surface area contributed by atoms with Gasteiger partial charge in [-0.15, -0.1) is 24.8 Å². The molecule has 1 amide bonds. The molecule has 0 bridgehead atoms. The number of rotatable bonds is 5. The highest BCUT2D eigenvalue weighted by Gasteiger charge is 2.11. The van der Waals surface area contributed by atoms with E-state index in [-0.39, 0.29) is 36.6 Å². The average Bonchev–Trinajstić information content (AvgIpc) is 2.94.